The van der Waals surface area contributed by atoms with Gasteiger partial charge in [-0.2, -0.15) is 4.31 Å². The Hall–Kier alpha value is -2.41. The average molecular weight is 576 g/mol. The minimum absolute atomic E-state index is 0.0711. The van der Waals surface area contributed by atoms with E-state index in [1.807, 2.05) is 0 Å². The fraction of sp³-hybridized carbons (Fsp3) is 0.458. The van der Waals surface area contributed by atoms with E-state index >= 15 is 0 Å². The zero-order chi connectivity index (χ0) is 27.2. The maximum Gasteiger partial charge on any atom is 0.244 e. The first kappa shape index (κ1) is 29.2. The summed E-state index contributed by atoms with van der Waals surface area (Å²) < 4.78 is 72.1. The van der Waals surface area contributed by atoms with Crippen molar-refractivity contribution in [1.29, 1.82) is 0 Å². The highest BCUT2D eigenvalue weighted by molar-refractivity contribution is 7.92. The lowest BCUT2D eigenvalue weighted by molar-refractivity contribution is -0.122. The number of carbonyl (C=O) groups is 1. The average Bonchev–Trinajstić information content (AvgIpc) is 2.87. The molecule has 0 saturated carbocycles. The van der Waals surface area contributed by atoms with Crippen LogP contribution in [0, 0.1) is 5.82 Å². The van der Waals surface area contributed by atoms with Gasteiger partial charge in [0.1, 0.15) is 24.2 Å². The van der Waals surface area contributed by atoms with Crippen molar-refractivity contribution in [2.24, 2.45) is 0 Å². The van der Waals surface area contributed by atoms with Crippen molar-refractivity contribution in [3.63, 3.8) is 0 Å². The van der Waals surface area contributed by atoms with Crippen LogP contribution in [0.25, 0.3) is 0 Å². The predicted octanol–water partition coefficient (Wildman–Crippen LogP) is 3.39. The van der Waals surface area contributed by atoms with Gasteiger partial charge in [-0.1, -0.05) is 24.9 Å². The summed E-state index contributed by atoms with van der Waals surface area (Å²) in [5.74, 6) is -0.830. The van der Waals surface area contributed by atoms with Crippen LogP contribution >= 0.6 is 11.6 Å². The van der Waals surface area contributed by atoms with E-state index in [4.69, 9.17) is 16.3 Å². The highest BCUT2D eigenvalue weighted by atomic mass is 35.5. The normalized spacial score (nSPS) is 15.7. The molecule has 0 radical (unpaired) electrons. The van der Waals surface area contributed by atoms with Gasteiger partial charge in [0.2, 0.25) is 26.0 Å². The molecule has 1 N–H and O–H groups in total. The molecule has 0 spiro atoms. The van der Waals surface area contributed by atoms with E-state index in [1.54, 1.807) is 19.1 Å². The number of carbonyl (C=O) groups excluding carboxylic acids is 1. The Morgan fingerprint density at radius 3 is 2.32 bits per heavy atom. The molecule has 0 aromatic heterocycles. The molecule has 0 bridgehead atoms. The highest BCUT2D eigenvalue weighted by Gasteiger charge is 2.32. The van der Waals surface area contributed by atoms with Gasteiger partial charge in [-0.3, -0.25) is 9.10 Å². The molecule has 1 aliphatic heterocycles. The van der Waals surface area contributed by atoms with Gasteiger partial charge >= 0.3 is 0 Å². The topological polar surface area (TPSA) is 113 Å². The summed E-state index contributed by atoms with van der Waals surface area (Å²) in [6, 6.07) is 8.44. The van der Waals surface area contributed by atoms with E-state index in [2.05, 4.69) is 5.32 Å². The number of nitrogens with one attached hydrogen (secondary N) is 1. The van der Waals surface area contributed by atoms with E-state index < -0.39 is 37.8 Å². The molecule has 9 nitrogen and oxygen atoms in total. The Labute approximate surface area is 222 Å². The first-order valence-electron chi connectivity index (χ1n) is 11.9. The van der Waals surface area contributed by atoms with E-state index in [0.29, 0.717) is 18.8 Å². The minimum atomic E-state index is -3.89. The van der Waals surface area contributed by atoms with Crippen LogP contribution in [0.15, 0.2) is 47.4 Å². The molecule has 0 aliphatic carbocycles. The second kappa shape index (κ2) is 12.4. The lowest BCUT2D eigenvalue weighted by Gasteiger charge is -2.30. The molecule has 1 atom stereocenters. The second-order valence-corrected chi connectivity index (χ2v) is 12.9. The minimum Gasteiger partial charge on any atom is -0.492 e. The molecule has 3 rings (SSSR count). The Balaban J connectivity index is 1.59. The third-order valence-corrected chi connectivity index (χ3v) is 9.32. The van der Waals surface area contributed by atoms with Gasteiger partial charge in [0.15, 0.2) is 0 Å². The number of ether oxygens (including phenoxy) is 1. The van der Waals surface area contributed by atoms with E-state index in [9.17, 15) is 26.0 Å². The fourth-order valence-electron chi connectivity index (χ4n) is 4.11. The molecule has 2 aromatic carbocycles. The standard InChI is InChI=1S/C24H31ClFN3O6S2/c1-3-23(29(36(2,31)32)18-7-12-22(26)21(25)17-18)24(30)27-13-16-35-19-8-10-20(11-9-19)37(33,34)28-14-5-4-6-15-28/h7-12,17,23H,3-6,13-16H2,1-2H3,(H,27,30). The van der Waals surface area contributed by atoms with Crippen molar-refractivity contribution < 1.29 is 30.8 Å². The van der Waals surface area contributed by atoms with Crippen LogP contribution in [0.5, 0.6) is 5.75 Å². The van der Waals surface area contributed by atoms with Crippen molar-refractivity contribution in [1.82, 2.24) is 9.62 Å². The van der Waals surface area contributed by atoms with Gasteiger partial charge in [0.25, 0.3) is 0 Å². The van der Waals surface area contributed by atoms with Crippen molar-refractivity contribution >= 4 is 43.2 Å². The molecule has 1 unspecified atom stereocenters. The Bertz CT molecular complexity index is 1300. The first-order chi connectivity index (χ1) is 17.4. The van der Waals surface area contributed by atoms with Gasteiger partial charge in [0, 0.05) is 13.1 Å². The SMILES string of the molecule is CCC(C(=O)NCCOc1ccc(S(=O)(=O)N2CCCCC2)cc1)N(c1ccc(F)c(Cl)c1)S(C)(=O)=O. The number of anilines is 1. The fourth-order valence-corrected chi connectivity index (χ4v) is 7.00. The maximum atomic E-state index is 13.6. The maximum absolute atomic E-state index is 13.6. The quantitative estimate of drug-likeness (QED) is 0.411. The number of hydrogen-bond acceptors (Lipinski definition) is 6. The van der Waals surface area contributed by atoms with Crippen molar-refractivity contribution in [2.75, 3.05) is 36.8 Å². The van der Waals surface area contributed by atoms with Crippen LogP contribution in [-0.2, 0) is 24.8 Å². The molecule has 204 valence electrons. The van der Waals surface area contributed by atoms with Crippen LogP contribution in [0.3, 0.4) is 0 Å². The van der Waals surface area contributed by atoms with E-state index in [-0.39, 0.29) is 35.2 Å². The molecule has 1 saturated heterocycles. The number of halogens is 2. The number of amides is 1. The Morgan fingerprint density at radius 2 is 1.76 bits per heavy atom. The molecule has 1 amide bonds. The summed E-state index contributed by atoms with van der Waals surface area (Å²) in [5, 5.41) is 2.39. The van der Waals surface area contributed by atoms with E-state index in [1.165, 1.54) is 22.5 Å². The Morgan fingerprint density at radius 1 is 1.11 bits per heavy atom. The summed E-state index contributed by atoms with van der Waals surface area (Å²) in [4.78, 5) is 13.0. The third kappa shape index (κ3) is 7.34. The number of benzene rings is 2. The molecular formula is C24H31ClFN3O6S2. The summed E-state index contributed by atoms with van der Waals surface area (Å²) in [6.07, 6.45) is 3.84. The number of rotatable bonds is 11. The number of hydrogen-bond donors (Lipinski definition) is 1. The van der Waals surface area contributed by atoms with Crippen LogP contribution in [-0.4, -0.2) is 65.6 Å². The lowest BCUT2D eigenvalue weighted by atomic mass is 10.2. The monoisotopic (exact) mass is 575 g/mol. The van der Waals surface area contributed by atoms with Crippen LogP contribution in [0.2, 0.25) is 5.02 Å². The van der Waals surface area contributed by atoms with Gasteiger partial charge in [-0.05, 0) is 61.7 Å². The van der Waals surface area contributed by atoms with Gasteiger partial charge in [-0.15, -0.1) is 0 Å². The van der Waals surface area contributed by atoms with E-state index in [0.717, 1.165) is 42.0 Å². The van der Waals surface area contributed by atoms with Crippen LogP contribution < -0.4 is 14.4 Å². The summed E-state index contributed by atoms with van der Waals surface area (Å²) in [7, 11) is -7.43. The number of piperidine rings is 1. The van der Waals surface area contributed by atoms with Crippen molar-refractivity contribution in [2.45, 2.75) is 43.5 Å². The Kier molecular flexibility index (Phi) is 9.79. The zero-order valence-electron chi connectivity index (χ0n) is 20.7. The van der Waals surface area contributed by atoms with Gasteiger partial charge in [-0.25, -0.2) is 21.2 Å². The summed E-state index contributed by atoms with van der Waals surface area (Å²) >= 11 is 5.82. The van der Waals surface area contributed by atoms with Gasteiger partial charge in [0.05, 0.1) is 28.4 Å². The van der Waals surface area contributed by atoms with Crippen LogP contribution in [0.1, 0.15) is 32.6 Å². The summed E-state index contributed by atoms with van der Waals surface area (Å²) in [5.41, 5.74) is 0.0757. The molecule has 2 aromatic rings. The number of nitrogens with zero attached hydrogens (tertiary/aromatic N) is 2. The molecule has 1 fully saturated rings. The first-order valence-corrected chi connectivity index (χ1v) is 15.6. The highest BCUT2D eigenvalue weighted by Crippen LogP contribution is 2.27. The summed E-state index contributed by atoms with van der Waals surface area (Å²) in [6.45, 7) is 2.84. The third-order valence-electron chi connectivity index (χ3n) is 5.93. The molecule has 1 heterocycles. The molecule has 37 heavy (non-hydrogen) atoms. The van der Waals surface area contributed by atoms with Crippen molar-refractivity contribution in [3.8, 4) is 5.75 Å². The second-order valence-electron chi connectivity index (χ2n) is 8.66. The predicted molar refractivity (Wildman–Crippen MR) is 140 cm³/mol. The lowest BCUT2D eigenvalue weighted by Crippen LogP contribution is -2.50. The van der Waals surface area contributed by atoms with Gasteiger partial charge < -0.3 is 10.1 Å². The molecule has 13 heteroatoms. The largest absolute Gasteiger partial charge is 0.492 e. The molecular weight excluding hydrogens is 545 g/mol. The van der Waals surface area contributed by atoms with Crippen LogP contribution in [0.4, 0.5) is 10.1 Å². The number of sulfonamides is 2. The molecule has 1 aliphatic rings. The smallest absolute Gasteiger partial charge is 0.244 e. The van der Waals surface area contributed by atoms with Crippen molar-refractivity contribution in [3.05, 3.63) is 53.3 Å². The zero-order valence-corrected chi connectivity index (χ0v) is 23.1.